The lowest BCUT2D eigenvalue weighted by molar-refractivity contribution is 0.269. The molecule has 1 rings (SSSR count). The van der Waals surface area contributed by atoms with E-state index in [0.29, 0.717) is 11.3 Å². The summed E-state index contributed by atoms with van der Waals surface area (Å²) in [5, 5.41) is 2.98. The molecule has 1 atom stereocenters. The molecule has 4 heteroatoms. The smallest absolute Gasteiger partial charge is 0.124 e. The number of halogens is 2. The summed E-state index contributed by atoms with van der Waals surface area (Å²) in [6, 6.07) is 4.19. The van der Waals surface area contributed by atoms with Crippen LogP contribution in [-0.2, 0) is 0 Å². The normalized spacial score (nSPS) is 12.5. The Labute approximate surface area is 88.3 Å². The summed E-state index contributed by atoms with van der Waals surface area (Å²) < 4.78 is 30.1. The Morgan fingerprint density at radius 3 is 2.80 bits per heavy atom. The maximum atomic E-state index is 13.0. The molecule has 15 heavy (non-hydrogen) atoms. The van der Waals surface area contributed by atoms with Crippen LogP contribution in [0.25, 0.3) is 0 Å². The predicted molar refractivity (Wildman–Crippen MR) is 55.3 cm³/mol. The molecule has 0 spiro atoms. The molecule has 1 aromatic carbocycles. The van der Waals surface area contributed by atoms with Crippen molar-refractivity contribution < 1.29 is 13.5 Å². The van der Waals surface area contributed by atoms with Crippen LogP contribution < -0.4 is 10.1 Å². The summed E-state index contributed by atoms with van der Waals surface area (Å²) in [6.07, 6.45) is 0. The molecule has 84 valence electrons. The molecule has 1 aromatic rings. The van der Waals surface area contributed by atoms with E-state index in [1.54, 1.807) is 7.05 Å². The van der Waals surface area contributed by atoms with Crippen LogP contribution in [0.2, 0.25) is 0 Å². The van der Waals surface area contributed by atoms with Crippen molar-refractivity contribution in [1.82, 2.24) is 5.32 Å². The second-order valence-corrected chi connectivity index (χ2v) is 3.23. The first-order valence-electron chi connectivity index (χ1n) is 4.84. The fourth-order valence-electron chi connectivity index (χ4n) is 1.29. The zero-order chi connectivity index (χ0) is 11.3. The molecule has 0 amide bonds. The molecule has 1 N–H and O–H groups in total. The zero-order valence-corrected chi connectivity index (χ0v) is 8.89. The number of alkyl halides is 1. The van der Waals surface area contributed by atoms with Crippen molar-refractivity contribution in [3.63, 3.8) is 0 Å². The van der Waals surface area contributed by atoms with E-state index in [2.05, 4.69) is 5.32 Å². The summed E-state index contributed by atoms with van der Waals surface area (Å²) in [4.78, 5) is 0. The molecular formula is C11H15F2NO. The number of rotatable bonds is 5. The van der Waals surface area contributed by atoms with E-state index < -0.39 is 6.67 Å². The van der Waals surface area contributed by atoms with E-state index in [-0.39, 0.29) is 18.5 Å². The summed E-state index contributed by atoms with van der Waals surface area (Å²) in [7, 11) is 1.77. The molecule has 0 aliphatic heterocycles. The third-order valence-electron chi connectivity index (χ3n) is 2.21. The molecule has 0 saturated carbocycles. The van der Waals surface area contributed by atoms with Gasteiger partial charge in [-0.25, -0.2) is 8.78 Å². The first-order valence-corrected chi connectivity index (χ1v) is 4.84. The van der Waals surface area contributed by atoms with Gasteiger partial charge in [-0.05, 0) is 32.2 Å². The van der Waals surface area contributed by atoms with Crippen molar-refractivity contribution in [2.45, 2.75) is 13.0 Å². The molecule has 0 fully saturated rings. The average Bonchev–Trinajstić information content (AvgIpc) is 2.26. The van der Waals surface area contributed by atoms with Crippen molar-refractivity contribution in [3.8, 4) is 5.75 Å². The standard InChI is InChI=1S/C11H15F2NO/c1-8(14-2)10-7-9(13)3-4-11(10)15-6-5-12/h3-4,7-8,14H,5-6H2,1-2H3. The van der Waals surface area contributed by atoms with E-state index >= 15 is 0 Å². The second kappa shape index (κ2) is 5.66. The number of nitrogens with one attached hydrogen (secondary N) is 1. The number of hydrogen-bond donors (Lipinski definition) is 1. The first kappa shape index (κ1) is 11.9. The fourth-order valence-corrected chi connectivity index (χ4v) is 1.29. The van der Waals surface area contributed by atoms with Crippen molar-refractivity contribution in [1.29, 1.82) is 0 Å². The van der Waals surface area contributed by atoms with E-state index in [9.17, 15) is 8.78 Å². The van der Waals surface area contributed by atoms with Gasteiger partial charge in [0.2, 0.25) is 0 Å². The van der Waals surface area contributed by atoms with Gasteiger partial charge in [0.25, 0.3) is 0 Å². The summed E-state index contributed by atoms with van der Waals surface area (Å²) in [5.74, 6) is 0.204. The molecule has 0 radical (unpaired) electrons. The topological polar surface area (TPSA) is 21.3 Å². The fraction of sp³-hybridized carbons (Fsp3) is 0.455. The minimum Gasteiger partial charge on any atom is -0.491 e. The van der Waals surface area contributed by atoms with Gasteiger partial charge >= 0.3 is 0 Å². The van der Waals surface area contributed by atoms with Crippen LogP contribution in [0.3, 0.4) is 0 Å². The Morgan fingerprint density at radius 1 is 1.47 bits per heavy atom. The van der Waals surface area contributed by atoms with Gasteiger partial charge in [0.15, 0.2) is 0 Å². The lowest BCUT2D eigenvalue weighted by Gasteiger charge is -2.15. The van der Waals surface area contributed by atoms with Crippen LogP contribution in [0.4, 0.5) is 8.78 Å². The van der Waals surface area contributed by atoms with Gasteiger partial charge in [0.05, 0.1) is 0 Å². The Morgan fingerprint density at radius 2 is 2.20 bits per heavy atom. The molecular weight excluding hydrogens is 200 g/mol. The van der Waals surface area contributed by atoms with E-state index in [1.807, 2.05) is 6.92 Å². The summed E-state index contributed by atoms with van der Waals surface area (Å²) >= 11 is 0. The quantitative estimate of drug-likeness (QED) is 0.814. The second-order valence-electron chi connectivity index (χ2n) is 3.23. The molecule has 0 heterocycles. The van der Waals surface area contributed by atoms with Gasteiger partial charge in [0.1, 0.15) is 24.8 Å². The zero-order valence-electron chi connectivity index (χ0n) is 8.89. The summed E-state index contributed by atoms with van der Waals surface area (Å²) in [5.41, 5.74) is 0.700. The molecule has 2 nitrogen and oxygen atoms in total. The van der Waals surface area contributed by atoms with Crippen LogP contribution in [0.15, 0.2) is 18.2 Å². The van der Waals surface area contributed by atoms with Crippen LogP contribution >= 0.6 is 0 Å². The number of benzene rings is 1. The molecule has 0 aromatic heterocycles. The summed E-state index contributed by atoms with van der Waals surface area (Å²) in [6.45, 7) is 1.33. The van der Waals surface area contributed by atoms with Gasteiger partial charge < -0.3 is 10.1 Å². The maximum absolute atomic E-state index is 13.0. The number of hydrogen-bond acceptors (Lipinski definition) is 2. The average molecular weight is 215 g/mol. The number of ether oxygens (including phenoxy) is 1. The minimum atomic E-state index is -0.551. The van der Waals surface area contributed by atoms with Crippen molar-refractivity contribution >= 4 is 0 Å². The van der Waals surface area contributed by atoms with E-state index in [0.717, 1.165) is 0 Å². The highest BCUT2D eigenvalue weighted by Gasteiger charge is 2.11. The van der Waals surface area contributed by atoms with Crippen LogP contribution in [0, 0.1) is 5.82 Å². The maximum Gasteiger partial charge on any atom is 0.124 e. The third-order valence-corrected chi connectivity index (χ3v) is 2.21. The highest BCUT2D eigenvalue weighted by atomic mass is 19.1. The largest absolute Gasteiger partial charge is 0.491 e. The van der Waals surface area contributed by atoms with Crippen molar-refractivity contribution in [3.05, 3.63) is 29.6 Å². The highest BCUT2D eigenvalue weighted by Crippen LogP contribution is 2.25. The molecule has 0 aliphatic carbocycles. The van der Waals surface area contributed by atoms with Gasteiger partial charge in [-0.2, -0.15) is 0 Å². The Bertz CT molecular complexity index is 317. The van der Waals surface area contributed by atoms with Crippen molar-refractivity contribution in [2.24, 2.45) is 0 Å². The van der Waals surface area contributed by atoms with Crippen LogP contribution in [0.1, 0.15) is 18.5 Å². The van der Waals surface area contributed by atoms with Crippen LogP contribution in [0.5, 0.6) is 5.75 Å². The monoisotopic (exact) mass is 215 g/mol. The SMILES string of the molecule is CNC(C)c1cc(F)ccc1OCCF. The Balaban J connectivity index is 2.92. The highest BCUT2D eigenvalue weighted by molar-refractivity contribution is 5.36. The lowest BCUT2D eigenvalue weighted by atomic mass is 10.1. The minimum absolute atomic E-state index is 0.00489. The third kappa shape index (κ3) is 3.16. The Hall–Kier alpha value is -1.16. The van der Waals surface area contributed by atoms with E-state index in [4.69, 9.17) is 4.74 Å². The first-order chi connectivity index (χ1) is 7.19. The van der Waals surface area contributed by atoms with Crippen LogP contribution in [-0.4, -0.2) is 20.3 Å². The molecule has 1 unspecified atom stereocenters. The predicted octanol–water partition coefficient (Wildman–Crippen LogP) is 2.45. The Kier molecular flexibility index (Phi) is 4.49. The van der Waals surface area contributed by atoms with Gasteiger partial charge in [-0.15, -0.1) is 0 Å². The van der Waals surface area contributed by atoms with E-state index in [1.165, 1.54) is 18.2 Å². The molecule has 0 aliphatic rings. The van der Waals surface area contributed by atoms with Gasteiger partial charge in [-0.1, -0.05) is 0 Å². The van der Waals surface area contributed by atoms with Gasteiger partial charge in [-0.3, -0.25) is 0 Å². The molecule has 0 bridgehead atoms. The lowest BCUT2D eigenvalue weighted by Crippen LogP contribution is -2.14. The molecule has 0 saturated heterocycles. The van der Waals surface area contributed by atoms with Gasteiger partial charge in [0, 0.05) is 11.6 Å². The van der Waals surface area contributed by atoms with Crippen molar-refractivity contribution in [2.75, 3.05) is 20.3 Å².